The predicted octanol–water partition coefficient (Wildman–Crippen LogP) is 4.08. The number of rotatable bonds is 4. The van der Waals surface area contributed by atoms with Gasteiger partial charge in [-0.1, -0.05) is 17.4 Å². The summed E-state index contributed by atoms with van der Waals surface area (Å²) in [6, 6.07) is 5.09. The molecule has 0 atom stereocenters. The van der Waals surface area contributed by atoms with E-state index in [2.05, 4.69) is 14.9 Å². The summed E-state index contributed by atoms with van der Waals surface area (Å²) in [7, 11) is 0. The van der Waals surface area contributed by atoms with Crippen molar-refractivity contribution in [1.82, 2.24) is 14.9 Å². The Balaban J connectivity index is 1.33. The molecule has 0 amide bonds. The number of aromatic nitrogens is 2. The van der Waals surface area contributed by atoms with Crippen molar-refractivity contribution in [3.8, 4) is 0 Å². The Kier molecular flexibility index (Phi) is 5.52. The second kappa shape index (κ2) is 8.27. The highest BCUT2D eigenvalue weighted by molar-refractivity contribution is 7.22. The topological polar surface area (TPSA) is 92.5 Å². The van der Waals surface area contributed by atoms with Gasteiger partial charge >= 0.3 is 6.18 Å². The van der Waals surface area contributed by atoms with Crippen LogP contribution in [0.3, 0.4) is 0 Å². The lowest BCUT2D eigenvalue weighted by molar-refractivity contribution is -0.383. The van der Waals surface area contributed by atoms with Crippen molar-refractivity contribution in [2.24, 2.45) is 5.41 Å². The summed E-state index contributed by atoms with van der Waals surface area (Å²) in [5.74, 6) is 0. The minimum Gasteiger partial charge on any atom is -0.348 e. The zero-order valence-electron chi connectivity index (χ0n) is 17.9. The first-order valence-electron chi connectivity index (χ1n) is 10.7. The van der Waals surface area contributed by atoms with E-state index in [1.165, 1.54) is 0 Å². The number of piperidine rings is 1. The quantitative estimate of drug-likeness (QED) is 0.401. The maximum Gasteiger partial charge on any atom is 0.416 e. The third kappa shape index (κ3) is 4.23. The molecule has 0 radical (unpaired) electrons. The number of halogens is 3. The van der Waals surface area contributed by atoms with Crippen LogP contribution in [0.5, 0.6) is 0 Å². The van der Waals surface area contributed by atoms with Crippen LogP contribution in [0, 0.1) is 15.5 Å². The normalized spacial score (nSPS) is 18.3. The van der Waals surface area contributed by atoms with E-state index in [1.807, 2.05) is 23.2 Å². The number of fused-ring (bicyclic) bond motifs is 1. The van der Waals surface area contributed by atoms with Crippen LogP contribution in [0.2, 0.25) is 0 Å². The molecule has 2 aromatic heterocycles. The third-order valence-electron chi connectivity index (χ3n) is 6.56. The number of benzene rings is 1. The highest BCUT2D eigenvalue weighted by Gasteiger charge is 2.45. The monoisotopic (exact) mass is 491 g/mol. The van der Waals surface area contributed by atoms with Gasteiger partial charge in [0, 0.05) is 51.2 Å². The second-order valence-electron chi connectivity index (χ2n) is 8.92. The van der Waals surface area contributed by atoms with Gasteiger partial charge in [-0.25, -0.2) is 0 Å². The van der Waals surface area contributed by atoms with E-state index in [0.29, 0.717) is 30.4 Å². The highest BCUT2D eigenvalue weighted by atomic mass is 32.1. The standard InChI is InChI=1S/C22H20F3N5O3S/c23-22(24,25)15-8-16-18(17(9-15)30(32)33)34-20(27-19(16)31)29-6-3-21(4-7-29)12-28(13-21)11-14-2-1-5-26-10-14/h1-2,5,8-10H,3-4,6-7,11-13H2. The minimum atomic E-state index is -4.80. The van der Waals surface area contributed by atoms with Crippen LogP contribution in [-0.2, 0) is 12.7 Å². The lowest BCUT2D eigenvalue weighted by atomic mass is 9.72. The van der Waals surface area contributed by atoms with Crippen LogP contribution >= 0.6 is 11.3 Å². The van der Waals surface area contributed by atoms with Gasteiger partial charge in [0.05, 0.1) is 15.9 Å². The van der Waals surface area contributed by atoms with Crippen LogP contribution in [-0.4, -0.2) is 46.0 Å². The van der Waals surface area contributed by atoms with Crippen molar-refractivity contribution in [3.05, 3.63) is 68.3 Å². The lowest BCUT2D eigenvalue weighted by Crippen LogP contribution is -2.59. The SMILES string of the molecule is O=c1nc(N2CCC3(CC2)CN(Cc2cccnc2)C3)sc2c([N+](=O)[O-])cc(C(F)(F)F)cc12. The van der Waals surface area contributed by atoms with Crippen molar-refractivity contribution in [3.63, 3.8) is 0 Å². The molecule has 1 aromatic carbocycles. The molecule has 2 aliphatic heterocycles. The average Bonchev–Trinajstić information content (AvgIpc) is 2.78. The Hall–Kier alpha value is -3.12. The van der Waals surface area contributed by atoms with Gasteiger partial charge in [0.25, 0.3) is 11.2 Å². The lowest BCUT2D eigenvalue weighted by Gasteiger charge is -2.54. The number of alkyl halides is 3. The predicted molar refractivity (Wildman–Crippen MR) is 121 cm³/mol. The Bertz CT molecular complexity index is 1300. The number of hydrogen-bond donors (Lipinski definition) is 0. The molecule has 2 aliphatic rings. The molecule has 2 saturated heterocycles. The van der Waals surface area contributed by atoms with E-state index in [1.54, 1.807) is 6.20 Å². The molecule has 1 spiro atoms. The number of nitro groups is 1. The van der Waals surface area contributed by atoms with Crippen molar-refractivity contribution < 1.29 is 18.1 Å². The van der Waals surface area contributed by atoms with Crippen molar-refractivity contribution >= 4 is 32.2 Å². The maximum atomic E-state index is 13.2. The van der Waals surface area contributed by atoms with Crippen LogP contribution < -0.4 is 10.5 Å². The molecule has 0 saturated carbocycles. The van der Waals surface area contributed by atoms with E-state index >= 15 is 0 Å². The van der Waals surface area contributed by atoms with Crippen LogP contribution in [0.15, 0.2) is 41.5 Å². The molecule has 12 heteroatoms. The van der Waals surface area contributed by atoms with E-state index in [9.17, 15) is 28.1 Å². The summed E-state index contributed by atoms with van der Waals surface area (Å²) in [6.45, 7) is 4.02. The van der Waals surface area contributed by atoms with E-state index < -0.39 is 27.9 Å². The molecule has 5 rings (SSSR count). The number of nitro benzene ring substituents is 1. The summed E-state index contributed by atoms with van der Waals surface area (Å²) >= 11 is 0.898. The fraction of sp³-hybridized carbons (Fsp3) is 0.409. The molecule has 2 fully saturated rings. The molecule has 8 nitrogen and oxygen atoms in total. The fourth-order valence-electron chi connectivity index (χ4n) is 4.83. The van der Waals surface area contributed by atoms with Gasteiger partial charge < -0.3 is 4.90 Å². The Labute approximate surface area is 195 Å². The summed E-state index contributed by atoms with van der Waals surface area (Å²) in [5.41, 5.74) is -1.49. The van der Waals surface area contributed by atoms with Gasteiger partial charge in [-0.3, -0.25) is 24.8 Å². The Morgan fingerprint density at radius 2 is 1.94 bits per heavy atom. The molecule has 0 bridgehead atoms. The minimum absolute atomic E-state index is 0.0837. The summed E-state index contributed by atoms with van der Waals surface area (Å²) in [6.07, 6.45) is 0.565. The number of nitrogens with zero attached hydrogens (tertiary/aromatic N) is 5. The summed E-state index contributed by atoms with van der Waals surface area (Å²) in [5, 5.41) is 11.4. The van der Waals surface area contributed by atoms with Crippen molar-refractivity contribution in [1.29, 1.82) is 0 Å². The highest BCUT2D eigenvalue weighted by Crippen LogP contribution is 2.43. The van der Waals surface area contributed by atoms with Gasteiger partial charge in [0.15, 0.2) is 5.13 Å². The number of hydrogen-bond acceptors (Lipinski definition) is 8. The van der Waals surface area contributed by atoms with E-state index in [4.69, 9.17) is 0 Å². The number of non-ortho nitro benzene ring substituents is 1. The molecule has 0 unspecified atom stereocenters. The molecular weight excluding hydrogens is 471 g/mol. The van der Waals surface area contributed by atoms with Gasteiger partial charge in [-0.2, -0.15) is 18.2 Å². The van der Waals surface area contributed by atoms with E-state index in [-0.39, 0.29) is 15.5 Å². The largest absolute Gasteiger partial charge is 0.416 e. The molecule has 0 N–H and O–H groups in total. The second-order valence-corrected chi connectivity index (χ2v) is 9.90. The molecule has 34 heavy (non-hydrogen) atoms. The third-order valence-corrected chi connectivity index (χ3v) is 7.72. The first kappa shape index (κ1) is 22.7. The average molecular weight is 491 g/mol. The molecule has 178 valence electrons. The molecular formula is C22H20F3N5O3S. The molecule has 4 heterocycles. The van der Waals surface area contributed by atoms with Crippen LogP contribution in [0.1, 0.15) is 24.0 Å². The van der Waals surface area contributed by atoms with Gasteiger partial charge in [-0.15, -0.1) is 0 Å². The molecule has 3 aromatic rings. The fourth-order valence-corrected chi connectivity index (χ4v) is 5.95. The number of anilines is 1. The van der Waals surface area contributed by atoms with Crippen LogP contribution in [0.4, 0.5) is 24.0 Å². The molecule has 0 aliphatic carbocycles. The van der Waals surface area contributed by atoms with Crippen LogP contribution in [0.25, 0.3) is 10.1 Å². The maximum absolute atomic E-state index is 13.2. The number of likely N-dealkylation sites (tertiary alicyclic amines) is 1. The van der Waals surface area contributed by atoms with Gasteiger partial charge in [0.1, 0.15) is 4.70 Å². The van der Waals surface area contributed by atoms with Crippen molar-refractivity contribution in [2.45, 2.75) is 25.6 Å². The zero-order chi connectivity index (χ0) is 24.1. The smallest absolute Gasteiger partial charge is 0.348 e. The van der Waals surface area contributed by atoms with Gasteiger partial charge in [0.2, 0.25) is 0 Å². The first-order valence-corrected chi connectivity index (χ1v) is 11.5. The summed E-state index contributed by atoms with van der Waals surface area (Å²) in [4.78, 5) is 35.6. The Morgan fingerprint density at radius 1 is 1.21 bits per heavy atom. The number of pyridine rings is 1. The van der Waals surface area contributed by atoms with Gasteiger partial charge in [-0.05, 0) is 36.0 Å². The Morgan fingerprint density at radius 3 is 2.56 bits per heavy atom. The van der Waals surface area contributed by atoms with Crippen molar-refractivity contribution in [2.75, 3.05) is 31.1 Å². The first-order chi connectivity index (χ1) is 16.1. The van der Waals surface area contributed by atoms with E-state index in [0.717, 1.165) is 49.4 Å². The zero-order valence-corrected chi connectivity index (χ0v) is 18.7. The summed E-state index contributed by atoms with van der Waals surface area (Å²) < 4.78 is 39.4.